The summed E-state index contributed by atoms with van der Waals surface area (Å²) in [5.74, 6) is 0.294. The molecule has 1 heterocycles. The molecule has 0 fully saturated rings. The minimum Gasteiger partial charge on any atom is -0.480 e. The van der Waals surface area contributed by atoms with Gasteiger partial charge in [0, 0.05) is 10.6 Å². The Kier molecular flexibility index (Phi) is 5.75. The van der Waals surface area contributed by atoms with Crippen molar-refractivity contribution in [3.63, 3.8) is 0 Å². The summed E-state index contributed by atoms with van der Waals surface area (Å²) in [6, 6.07) is 14.0. The second-order valence-corrected chi connectivity index (χ2v) is 6.15. The molecule has 0 N–H and O–H groups in total. The van der Waals surface area contributed by atoms with Crippen LogP contribution in [-0.4, -0.2) is 22.8 Å². The molecule has 3 rings (SSSR count). The number of rotatable bonds is 6. The third-order valence-electron chi connectivity index (χ3n) is 3.36. The molecule has 8 heteroatoms. The van der Waals surface area contributed by atoms with Crippen molar-refractivity contribution in [3.05, 3.63) is 64.5 Å². The largest absolute Gasteiger partial charge is 0.480 e. The molecular weight excluding hydrogens is 379 g/mol. The Balaban J connectivity index is 1.57. The number of halogens is 2. The maximum atomic E-state index is 11.9. The highest BCUT2D eigenvalue weighted by Gasteiger charge is 2.19. The molecule has 0 aliphatic heterocycles. The molecule has 0 bridgehead atoms. The molecule has 3 aromatic rings. The van der Waals surface area contributed by atoms with E-state index in [0.29, 0.717) is 21.7 Å². The van der Waals surface area contributed by atoms with Crippen LogP contribution in [0.2, 0.25) is 10.0 Å². The third kappa shape index (κ3) is 4.53. The zero-order valence-corrected chi connectivity index (χ0v) is 15.2. The van der Waals surface area contributed by atoms with E-state index in [1.165, 1.54) is 6.07 Å². The quantitative estimate of drug-likeness (QED) is 0.564. The van der Waals surface area contributed by atoms with E-state index in [1.54, 1.807) is 19.1 Å². The standard InChI is InChI=1S/C18H14Cl2N2O4/c1-11(17-21-22-18(26-17)12-5-3-2-4-6-12)25-16(23)10-24-15-8-7-13(19)9-14(15)20/h2-9,11H,10H2,1H3/t11-/m1/s1. The predicted octanol–water partition coefficient (Wildman–Crippen LogP) is 4.73. The summed E-state index contributed by atoms with van der Waals surface area (Å²) in [6.07, 6.45) is -0.711. The maximum absolute atomic E-state index is 11.9. The van der Waals surface area contributed by atoms with Crippen LogP contribution in [0, 0.1) is 0 Å². The van der Waals surface area contributed by atoms with Crippen LogP contribution in [-0.2, 0) is 9.53 Å². The Morgan fingerprint density at radius 2 is 1.92 bits per heavy atom. The fraction of sp³-hybridized carbons (Fsp3) is 0.167. The second kappa shape index (κ2) is 8.21. The van der Waals surface area contributed by atoms with Crippen molar-refractivity contribution in [3.8, 4) is 17.2 Å². The highest BCUT2D eigenvalue weighted by atomic mass is 35.5. The number of hydrogen-bond donors (Lipinski definition) is 0. The minimum atomic E-state index is -0.711. The van der Waals surface area contributed by atoms with Crippen LogP contribution in [0.25, 0.3) is 11.5 Å². The third-order valence-corrected chi connectivity index (χ3v) is 3.89. The SMILES string of the molecule is C[C@@H](OC(=O)COc1ccc(Cl)cc1Cl)c1nnc(-c2ccccc2)o1. The molecular formula is C18H14Cl2N2O4. The monoisotopic (exact) mass is 392 g/mol. The van der Waals surface area contributed by atoms with Crippen molar-refractivity contribution in [1.29, 1.82) is 0 Å². The summed E-state index contributed by atoms with van der Waals surface area (Å²) in [4.78, 5) is 11.9. The van der Waals surface area contributed by atoms with Gasteiger partial charge < -0.3 is 13.9 Å². The van der Waals surface area contributed by atoms with E-state index in [-0.39, 0.29) is 12.5 Å². The average molecular weight is 393 g/mol. The van der Waals surface area contributed by atoms with Crippen molar-refractivity contribution in [1.82, 2.24) is 10.2 Å². The topological polar surface area (TPSA) is 74.5 Å². The minimum absolute atomic E-state index is 0.196. The van der Waals surface area contributed by atoms with E-state index in [2.05, 4.69) is 10.2 Å². The lowest BCUT2D eigenvalue weighted by Crippen LogP contribution is -2.17. The van der Waals surface area contributed by atoms with Crippen LogP contribution >= 0.6 is 23.2 Å². The van der Waals surface area contributed by atoms with Gasteiger partial charge in [-0.05, 0) is 37.3 Å². The number of carbonyl (C=O) groups is 1. The van der Waals surface area contributed by atoms with E-state index in [1.807, 2.05) is 30.3 Å². The fourth-order valence-electron chi connectivity index (χ4n) is 2.11. The zero-order chi connectivity index (χ0) is 18.5. The van der Waals surface area contributed by atoms with Gasteiger partial charge in [0.2, 0.25) is 5.89 Å². The summed E-state index contributed by atoms with van der Waals surface area (Å²) in [5.41, 5.74) is 0.783. The lowest BCUT2D eigenvalue weighted by molar-refractivity contribution is -0.152. The van der Waals surface area contributed by atoms with Gasteiger partial charge in [0.05, 0.1) is 5.02 Å². The molecule has 0 aliphatic rings. The van der Waals surface area contributed by atoms with Crippen molar-refractivity contribution >= 4 is 29.2 Å². The summed E-state index contributed by atoms with van der Waals surface area (Å²) >= 11 is 11.8. The van der Waals surface area contributed by atoms with Gasteiger partial charge in [0.1, 0.15) is 5.75 Å². The average Bonchev–Trinajstić information content (AvgIpc) is 3.12. The first-order chi connectivity index (χ1) is 12.5. The molecule has 0 saturated carbocycles. The van der Waals surface area contributed by atoms with E-state index in [9.17, 15) is 4.79 Å². The van der Waals surface area contributed by atoms with Crippen LogP contribution in [0.4, 0.5) is 0 Å². The number of nitrogens with zero attached hydrogens (tertiary/aromatic N) is 2. The Hall–Kier alpha value is -2.57. The molecule has 6 nitrogen and oxygen atoms in total. The number of ether oxygens (including phenoxy) is 2. The predicted molar refractivity (Wildman–Crippen MR) is 96.2 cm³/mol. The highest BCUT2D eigenvalue weighted by molar-refractivity contribution is 6.35. The number of aromatic nitrogens is 2. The first-order valence-electron chi connectivity index (χ1n) is 7.69. The van der Waals surface area contributed by atoms with Gasteiger partial charge in [-0.15, -0.1) is 10.2 Å². The number of hydrogen-bond acceptors (Lipinski definition) is 6. The Morgan fingerprint density at radius 1 is 1.15 bits per heavy atom. The first-order valence-corrected chi connectivity index (χ1v) is 8.44. The van der Waals surface area contributed by atoms with E-state index < -0.39 is 12.1 Å². The Bertz CT molecular complexity index is 899. The summed E-state index contributed by atoms with van der Waals surface area (Å²) in [5, 5.41) is 8.66. The Labute approximate surface area is 159 Å². The zero-order valence-electron chi connectivity index (χ0n) is 13.7. The van der Waals surface area contributed by atoms with Crippen molar-refractivity contribution in [2.75, 3.05) is 6.61 Å². The van der Waals surface area contributed by atoms with E-state index in [4.69, 9.17) is 37.1 Å². The van der Waals surface area contributed by atoms with Crippen LogP contribution in [0.1, 0.15) is 18.9 Å². The van der Waals surface area contributed by atoms with Gasteiger partial charge in [-0.3, -0.25) is 0 Å². The first kappa shape index (κ1) is 18.2. The molecule has 0 spiro atoms. The fourth-order valence-corrected chi connectivity index (χ4v) is 2.57. The van der Waals surface area contributed by atoms with Crippen LogP contribution < -0.4 is 4.74 Å². The Morgan fingerprint density at radius 3 is 2.65 bits per heavy atom. The van der Waals surface area contributed by atoms with E-state index in [0.717, 1.165) is 5.56 Å². The van der Waals surface area contributed by atoms with Crippen molar-refractivity contribution in [2.24, 2.45) is 0 Å². The molecule has 1 atom stereocenters. The van der Waals surface area contributed by atoms with Crippen LogP contribution in [0.15, 0.2) is 52.9 Å². The van der Waals surface area contributed by atoms with Crippen molar-refractivity contribution < 1.29 is 18.7 Å². The maximum Gasteiger partial charge on any atom is 0.344 e. The molecule has 0 amide bonds. The summed E-state index contributed by atoms with van der Waals surface area (Å²) in [7, 11) is 0. The lowest BCUT2D eigenvalue weighted by atomic mass is 10.2. The number of carbonyl (C=O) groups excluding carboxylic acids is 1. The van der Waals surface area contributed by atoms with E-state index >= 15 is 0 Å². The normalized spacial score (nSPS) is 11.8. The van der Waals surface area contributed by atoms with Gasteiger partial charge in [-0.1, -0.05) is 41.4 Å². The van der Waals surface area contributed by atoms with Crippen LogP contribution in [0.5, 0.6) is 5.75 Å². The molecule has 0 saturated heterocycles. The lowest BCUT2D eigenvalue weighted by Gasteiger charge is -2.11. The molecule has 26 heavy (non-hydrogen) atoms. The molecule has 134 valence electrons. The second-order valence-electron chi connectivity index (χ2n) is 5.31. The molecule has 0 aliphatic carbocycles. The summed E-state index contributed by atoms with van der Waals surface area (Å²) in [6.45, 7) is 1.32. The van der Waals surface area contributed by atoms with Gasteiger partial charge in [-0.2, -0.15) is 0 Å². The molecule has 0 unspecified atom stereocenters. The van der Waals surface area contributed by atoms with Crippen LogP contribution in [0.3, 0.4) is 0 Å². The smallest absolute Gasteiger partial charge is 0.344 e. The summed E-state index contributed by atoms with van der Waals surface area (Å²) < 4.78 is 16.1. The highest BCUT2D eigenvalue weighted by Crippen LogP contribution is 2.27. The van der Waals surface area contributed by atoms with Crippen molar-refractivity contribution in [2.45, 2.75) is 13.0 Å². The number of benzene rings is 2. The van der Waals surface area contributed by atoms with Gasteiger partial charge >= 0.3 is 5.97 Å². The van der Waals surface area contributed by atoms with Gasteiger partial charge in [0.15, 0.2) is 12.7 Å². The number of esters is 1. The van der Waals surface area contributed by atoms with Gasteiger partial charge in [0.25, 0.3) is 5.89 Å². The molecule has 0 radical (unpaired) electrons. The van der Waals surface area contributed by atoms with Gasteiger partial charge in [-0.25, -0.2) is 4.79 Å². The molecule has 1 aromatic heterocycles. The molecule has 2 aromatic carbocycles.